The average molecular weight is 361 g/mol. The van der Waals surface area contributed by atoms with Crippen LogP contribution in [-0.2, 0) is 0 Å². The summed E-state index contributed by atoms with van der Waals surface area (Å²) in [6.45, 7) is 8.60. The first-order valence-electron chi connectivity index (χ1n) is 9.71. The van der Waals surface area contributed by atoms with Gasteiger partial charge >= 0.3 is 6.03 Å². The summed E-state index contributed by atoms with van der Waals surface area (Å²) in [5.74, 6) is 1.26. The number of aliphatic hydroxyl groups is 1. The van der Waals surface area contributed by atoms with Crippen LogP contribution in [0.15, 0.2) is 24.3 Å². The average Bonchev–Trinajstić information content (AvgIpc) is 3.07. The Kier molecular flexibility index (Phi) is 6.38. The first-order chi connectivity index (χ1) is 12.5. The Morgan fingerprint density at radius 1 is 1.23 bits per heavy atom. The lowest BCUT2D eigenvalue weighted by molar-refractivity contribution is 0.0505. The van der Waals surface area contributed by atoms with Crippen LogP contribution in [0.2, 0.25) is 0 Å². The van der Waals surface area contributed by atoms with Crippen molar-refractivity contribution in [3.63, 3.8) is 0 Å². The molecule has 6 nitrogen and oxygen atoms in total. The number of benzene rings is 1. The van der Waals surface area contributed by atoms with E-state index in [2.05, 4.69) is 30.1 Å². The number of para-hydroxylation sites is 1. The zero-order valence-electron chi connectivity index (χ0n) is 15.9. The number of ether oxygens (including phenoxy) is 1. The molecule has 2 fully saturated rings. The van der Waals surface area contributed by atoms with Crippen LogP contribution < -0.4 is 10.1 Å². The van der Waals surface area contributed by atoms with Crippen molar-refractivity contribution < 1.29 is 14.6 Å². The van der Waals surface area contributed by atoms with Crippen molar-refractivity contribution in [3.05, 3.63) is 29.8 Å². The second kappa shape index (κ2) is 8.73. The number of nitrogens with one attached hydrogen (secondary N) is 1. The first-order valence-corrected chi connectivity index (χ1v) is 9.71. The van der Waals surface area contributed by atoms with Gasteiger partial charge in [-0.25, -0.2) is 4.79 Å². The Labute approximate surface area is 156 Å². The SMILES string of the molecule is CC(C)c1ccccc1OCC(O)CN1CCC(N2CCNC2=O)CC1. The highest BCUT2D eigenvalue weighted by Crippen LogP contribution is 2.26. The third kappa shape index (κ3) is 4.68. The minimum Gasteiger partial charge on any atom is -0.491 e. The van der Waals surface area contributed by atoms with Crippen LogP contribution in [0.1, 0.15) is 38.2 Å². The van der Waals surface area contributed by atoms with Crippen molar-refractivity contribution in [3.8, 4) is 5.75 Å². The molecule has 26 heavy (non-hydrogen) atoms. The number of rotatable bonds is 7. The monoisotopic (exact) mass is 361 g/mol. The summed E-state index contributed by atoms with van der Waals surface area (Å²) in [5.41, 5.74) is 1.17. The molecule has 2 saturated heterocycles. The van der Waals surface area contributed by atoms with Gasteiger partial charge < -0.3 is 25.0 Å². The maximum atomic E-state index is 11.8. The number of carbonyl (C=O) groups is 1. The van der Waals surface area contributed by atoms with Gasteiger partial charge in [0.1, 0.15) is 18.5 Å². The molecule has 0 radical (unpaired) electrons. The number of urea groups is 1. The van der Waals surface area contributed by atoms with Gasteiger partial charge in [0, 0.05) is 38.8 Å². The first kappa shape index (κ1) is 19.0. The highest BCUT2D eigenvalue weighted by Gasteiger charge is 2.31. The Morgan fingerprint density at radius 2 is 1.96 bits per heavy atom. The van der Waals surface area contributed by atoms with E-state index in [-0.39, 0.29) is 6.03 Å². The lowest BCUT2D eigenvalue weighted by Crippen LogP contribution is -2.48. The molecule has 2 aliphatic heterocycles. The van der Waals surface area contributed by atoms with Gasteiger partial charge in [-0.3, -0.25) is 0 Å². The Hall–Kier alpha value is -1.79. The van der Waals surface area contributed by atoms with E-state index in [0.717, 1.165) is 44.8 Å². The molecule has 0 aromatic heterocycles. The van der Waals surface area contributed by atoms with Gasteiger partial charge in [0.15, 0.2) is 0 Å². The van der Waals surface area contributed by atoms with Crippen LogP contribution in [0.25, 0.3) is 0 Å². The molecule has 3 rings (SSSR count). The number of likely N-dealkylation sites (tertiary alicyclic amines) is 1. The van der Waals surface area contributed by atoms with E-state index < -0.39 is 6.10 Å². The molecule has 2 aliphatic rings. The minimum atomic E-state index is -0.512. The molecule has 2 amide bonds. The molecule has 6 heteroatoms. The molecule has 0 saturated carbocycles. The van der Waals surface area contributed by atoms with Gasteiger partial charge in [0.25, 0.3) is 0 Å². The fourth-order valence-corrected chi connectivity index (χ4v) is 3.87. The van der Waals surface area contributed by atoms with Gasteiger partial charge in [-0.15, -0.1) is 0 Å². The fourth-order valence-electron chi connectivity index (χ4n) is 3.87. The van der Waals surface area contributed by atoms with Crippen LogP contribution in [-0.4, -0.2) is 72.4 Å². The van der Waals surface area contributed by atoms with E-state index in [9.17, 15) is 9.90 Å². The number of piperidine rings is 1. The normalized spacial score (nSPS) is 20.5. The number of hydrogen-bond donors (Lipinski definition) is 2. The maximum absolute atomic E-state index is 11.8. The van der Waals surface area contributed by atoms with E-state index in [1.165, 1.54) is 5.56 Å². The summed E-state index contributed by atoms with van der Waals surface area (Å²) < 4.78 is 5.88. The second-order valence-corrected chi connectivity index (χ2v) is 7.61. The zero-order chi connectivity index (χ0) is 18.5. The fraction of sp³-hybridized carbons (Fsp3) is 0.650. The summed E-state index contributed by atoms with van der Waals surface area (Å²) >= 11 is 0. The van der Waals surface area contributed by atoms with Crippen molar-refractivity contribution in [1.82, 2.24) is 15.1 Å². The van der Waals surface area contributed by atoms with Crippen molar-refractivity contribution in [2.45, 2.75) is 44.8 Å². The van der Waals surface area contributed by atoms with Gasteiger partial charge in [-0.2, -0.15) is 0 Å². The number of nitrogens with zero attached hydrogens (tertiary/aromatic N) is 2. The molecule has 1 unspecified atom stereocenters. The minimum absolute atomic E-state index is 0.0701. The second-order valence-electron chi connectivity index (χ2n) is 7.61. The molecular formula is C20H31N3O3. The zero-order valence-corrected chi connectivity index (χ0v) is 15.9. The van der Waals surface area contributed by atoms with Crippen LogP contribution in [0.4, 0.5) is 4.79 Å². The number of amides is 2. The molecule has 1 atom stereocenters. The number of carbonyl (C=O) groups excluding carboxylic acids is 1. The molecule has 0 spiro atoms. The molecule has 2 heterocycles. The van der Waals surface area contributed by atoms with Gasteiger partial charge in [0.05, 0.1) is 0 Å². The number of aliphatic hydroxyl groups excluding tert-OH is 1. The third-order valence-corrected chi connectivity index (χ3v) is 5.33. The van der Waals surface area contributed by atoms with E-state index in [1.807, 2.05) is 23.1 Å². The summed E-state index contributed by atoms with van der Waals surface area (Å²) in [6.07, 6.45) is 1.43. The van der Waals surface area contributed by atoms with E-state index >= 15 is 0 Å². The molecule has 0 bridgehead atoms. The van der Waals surface area contributed by atoms with Gasteiger partial charge in [0.2, 0.25) is 0 Å². The Morgan fingerprint density at radius 3 is 2.62 bits per heavy atom. The largest absolute Gasteiger partial charge is 0.491 e. The van der Waals surface area contributed by atoms with Gasteiger partial charge in [-0.05, 0) is 30.4 Å². The van der Waals surface area contributed by atoms with Crippen molar-refractivity contribution in [2.24, 2.45) is 0 Å². The smallest absolute Gasteiger partial charge is 0.317 e. The number of β-amino-alcohol motifs (C(OH)–C–C–N with tert-alkyl or cyclic N) is 1. The molecule has 0 aliphatic carbocycles. The summed E-state index contributed by atoms with van der Waals surface area (Å²) in [6, 6.07) is 8.43. The molecule has 144 valence electrons. The Bertz CT molecular complexity index is 600. The van der Waals surface area contributed by atoms with Crippen molar-refractivity contribution in [2.75, 3.05) is 39.3 Å². The summed E-state index contributed by atoms with van der Waals surface area (Å²) in [4.78, 5) is 16.0. The number of hydrogen-bond acceptors (Lipinski definition) is 4. The van der Waals surface area contributed by atoms with Crippen LogP contribution in [0.5, 0.6) is 5.75 Å². The molecular weight excluding hydrogens is 330 g/mol. The topological polar surface area (TPSA) is 65.0 Å². The van der Waals surface area contributed by atoms with Crippen LogP contribution in [0.3, 0.4) is 0 Å². The molecule has 1 aromatic rings. The van der Waals surface area contributed by atoms with Crippen LogP contribution in [0, 0.1) is 0 Å². The van der Waals surface area contributed by atoms with E-state index in [1.54, 1.807) is 0 Å². The van der Waals surface area contributed by atoms with Gasteiger partial charge in [-0.1, -0.05) is 32.0 Å². The van der Waals surface area contributed by atoms with Crippen molar-refractivity contribution in [1.29, 1.82) is 0 Å². The highest BCUT2D eigenvalue weighted by atomic mass is 16.5. The van der Waals surface area contributed by atoms with Crippen molar-refractivity contribution >= 4 is 6.03 Å². The van der Waals surface area contributed by atoms with E-state index in [0.29, 0.717) is 25.1 Å². The lowest BCUT2D eigenvalue weighted by atomic mass is 10.0. The molecule has 1 aromatic carbocycles. The van der Waals surface area contributed by atoms with Crippen LogP contribution >= 0.6 is 0 Å². The third-order valence-electron chi connectivity index (χ3n) is 5.33. The van der Waals surface area contributed by atoms with E-state index in [4.69, 9.17) is 4.74 Å². The standard InChI is InChI=1S/C20H31N3O3/c1-15(2)18-5-3-4-6-19(18)26-14-17(24)13-22-10-7-16(8-11-22)23-12-9-21-20(23)25/h3-6,15-17,24H,7-14H2,1-2H3,(H,21,25). The predicted molar refractivity (Wildman–Crippen MR) is 102 cm³/mol. The Balaban J connectivity index is 1.42. The quantitative estimate of drug-likeness (QED) is 0.780. The summed E-state index contributed by atoms with van der Waals surface area (Å²) in [5, 5.41) is 13.2. The lowest BCUT2D eigenvalue weighted by Gasteiger charge is -2.36. The highest BCUT2D eigenvalue weighted by molar-refractivity contribution is 5.76. The predicted octanol–water partition coefficient (Wildman–Crippen LogP) is 2.04. The summed E-state index contributed by atoms with van der Waals surface area (Å²) in [7, 11) is 0. The maximum Gasteiger partial charge on any atom is 0.317 e. The molecule has 2 N–H and O–H groups in total.